The fraction of sp³-hybridized carbons (Fsp3) is 0.158. The number of hydrogen-bond acceptors (Lipinski definition) is 7. The van der Waals surface area contributed by atoms with Crippen molar-refractivity contribution in [3.05, 3.63) is 54.5 Å². The molecule has 0 amide bonds. The van der Waals surface area contributed by atoms with E-state index in [1.54, 1.807) is 18.5 Å². The number of hydrogen-bond donors (Lipinski definition) is 2. The number of benzene rings is 1. The Kier molecular flexibility index (Phi) is 3.88. The topological polar surface area (TPSA) is 106 Å². The van der Waals surface area contributed by atoms with Gasteiger partial charge in [-0.25, -0.2) is 14.6 Å². The summed E-state index contributed by atoms with van der Waals surface area (Å²) in [6.07, 6.45) is 4.70. The molecule has 0 saturated carbocycles. The fourth-order valence-corrected chi connectivity index (χ4v) is 2.67. The highest BCUT2D eigenvalue weighted by Crippen LogP contribution is 2.24. The number of rotatable bonds is 3. The van der Waals surface area contributed by atoms with E-state index in [1.165, 1.54) is 20.0 Å². The molecule has 1 aromatic carbocycles. The first-order valence-corrected chi connectivity index (χ1v) is 8.25. The summed E-state index contributed by atoms with van der Waals surface area (Å²) >= 11 is 0. The number of aromatic amines is 1. The van der Waals surface area contributed by atoms with E-state index in [1.807, 2.05) is 24.3 Å². The molecule has 3 aromatic rings. The number of H-pyrrole nitrogens is 1. The fourth-order valence-electron chi connectivity index (χ4n) is 2.67. The van der Waals surface area contributed by atoms with Crippen molar-refractivity contribution >= 4 is 28.7 Å². The van der Waals surface area contributed by atoms with E-state index in [9.17, 15) is 9.59 Å². The lowest BCUT2D eigenvalue weighted by atomic mass is 10.2. The third-order valence-electron chi connectivity index (χ3n) is 3.92. The summed E-state index contributed by atoms with van der Waals surface area (Å²) in [4.78, 5) is 35.8. The molecule has 1 fully saturated rings. The van der Waals surface area contributed by atoms with Crippen molar-refractivity contribution in [3.63, 3.8) is 0 Å². The third-order valence-corrected chi connectivity index (χ3v) is 3.92. The zero-order valence-corrected chi connectivity index (χ0v) is 14.6. The molecule has 0 bridgehead atoms. The molecule has 27 heavy (non-hydrogen) atoms. The molecule has 3 heterocycles. The summed E-state index contributed by atoms with van der Waals surface area (Å²) in [5.74, 6) is -2.02. The summed E-state index contributed by atoms with van der Waals surface area (Å²) in [5, 5.41) is 2.92. The van der Waals surface area contributed by atoms with Crippen LogP contribution in [-0.4, -0.2) is 32.7 Å². The normalized spacial score (nSPS) is 16.0. The Morgan fingerprint density at radius 1 is 1.15 bits per heavy atom. The number of imidazole rings is 1. The SMILES string of the molecule is CC1(C)OC(=O)C(=CNc2ccc3nc(-c4cccnc4)[nH]c3c2)C(=O)O1. The van der Waals surface area contributed by atoms with Crippen LogP contribution >= 0.6 is 0 Å². The lowest BCUT2D eigenvalue weighted by Gasteiger charge is -2.29. The Balaban J connectivity index is 1.58. The van der Waals surface area contributed by atoms with Gasteiger partial charge in [0.2, 0.25) is 0 Å². The van der Waals surface area contributed by atoms with Crippen LogP contribution in [0, 0.1) is 0 Å². The van der Waals surface area contributed by atoms with Crippen molar-refractivity contribution in [2.75, 3.05) is 5.32 Å². The average Bonchev–Trinajstić information content (AvgIpc) is 3.04. The predicted octanol–water partition coefficient (Wildman–Crippen LogP) is 2.76. The van der Waals surface area contributed by atoms with Crippen molar-refractivity contribution in [2.24, 2.45) is 0 Å². The number of anilines is 1. The molecule has 1 saturated heterocycles. The number of nitrogens with zero attached hydrogens (tertiary/aromatic N) is 2. The quantitative estimate of drug-likeness (QED) is 0.418. The highest BCUT2D eigenvalue weighted by atomic mass is 16.7. The molecule has 8 nitrogen and oxygen atoms in total. The largest absolute Gasteiger partial charge is 0.419 e. The molecule has 136 valence electrons. The molecule has 1 aliphatic heterocycles. The Morgan fingerprint density at radius 3 is 2.63 bits per heavy atom. The van der Waals surface area contributed by atoms with Crippen molar-refractivity contribution in [1.29, 1.82) is 0 Å². The van der Waals surface area contributed by atoms with Gasteiger partial charge in [0.25, 0.3) is 5.79 Å². The highest BCUT2D eigenvalue weighted by Gasteiger charge is 2.38. The van der Waals surface area contributed by atoms with Gasteiger partial charge < -0.3 is 19.8 Å². The summed E-state index contributed by atoms with van der Waals surface area (Å²) < 4.78 is 10.1. The molecular formula is C19H16N4O4. The second-order valence-corrected chi connectivity index (χ2v) is 6.44. The van der Waals surface area contributed by atoms with Gasteiger partial charge in [-0.3, -0.25) is 4.98 Å². The van der Waals surface area contributed by atoms with E-state index in [2.05, 4.69) is 20.3 Å². The summed E-state index contributed by atoms with van der Waals surface area (Å²) in [6.45, 7) is 3.00. The first-order chi connectivity index (χ1) is 12.9. The van der Waals surface area contributed by atoms with Crippen LogP contribution in [0.2, 0.25) is 0 Å². The van der Waals surface area contributed by atoms with Crippen LogP contribution in [0.4, 0.5) is 5.69 Å². The van der Waals surface area contributed by atoms with Gasteiger partial charge in [0, 0.05) is 43.7 Å². The lowest BCUT2D eigenvalue weighted by molar-refractivity contribution is -0.222. The standard InChI is InChI=1S/C19H16N4O4/c1-19(2)26-17(24)13(18(25)27-19)10-21-12-5-6-14-15(8-12)23-16(22-14)11-4-3-7-20-9-11/h3-10,21H,1-2H3,(H,22,23). The van der Waals surface area contributed by atoms with Gasteiger partial charge in [-0.05, 0) is 30.3 Å². The summed E-state index contributed by atoms with van der Waals surface area (Å²) in [7, 11) is 0. The number of pyridine rings is 1. The van der Waals surface area contributed by atoms with E-state index in [0.717, 1.165) is 16.6 Å². The Morgan fingerprint density at radius 2 is 1.93 bits per heavy atom. The molecule has 0 unspecified atom stereocenters. The number of cyclic esters (lactones) is 2. The summed E-state index contributed by atoms with van der Waals surface area (Å²) in [5.41, 5.74) is 2.93. The maximum Gasteiger partial charge on any atom is 0.350 e. The van der Waals surface area contributed by atoms with Gasteiger partial charge in [-0.15, -0.1) is 0 Å². The van der Waals surface area contributed by atoms with Crippen LogP contribution in [0.3, 0.4) is 0 Å². The zero-order valence-electron chi connectivity index (χ0n) is 14.6. The van der Waals surface area contributed by atoms with Crippen LogP contribution in [0.1, 0.15) is 13.8 Å². The molecule has 0 aliphatic carbocycles. The van der Waals surface area contributed by atoms with Crippen LogP contribution < -0.4 is 5.32 Å². The van der Waals surface area contributed by atoms with Crippen molar-refractivity contribution in [2.45, 2.75) is 19.6 Å². The van der Waals surface area contributed by atoms with Crippen LogP contribution in [0.25, 0.3) is 22.4 Å². The molecule has 4 rings (SSSR count). The average molecular weight is 364 g/mol. The maximum atomic E-state index is 12.0. The number of ether oxygens (including phenoxy) is 2. The van der Waals surface area contributed by atoms with Gasteiger partial charge in [-0.1, -0.05) is 0 Å². The number of nitrogens with one attached hydrogen (secondary N) is 2. The van der Waals surface area contributed by atoms with E-state index < -0.39 is 17.7 Å². The smallest absolute Gasteiger partial charge is 0.350 e. The first kappa shape index (κ1) is 16.8. The monoisotopic (exact) mass is 364 g/mol. The summed E-state index contributed by atoms with van der Waals surface area (Å²) in [6, 6.07) is 9.19. The van der Waals surface area contributed by atoms with Crippen molar-refractivity contribution in [1.82, 2.24) is 15.0 Å². The minimum absolute atomic E-state index is 0.199. The van der Waals surface area contributed by atoms with E-state index in [4.69, 9.17) is 9.47 Å². The maximum absolute atomic E-state index is 12.0. The van der Waals surface area contributed by atoms with Crippen molar-refractivity contribution < 1.29 is 19.1 Å². The molecular weight excluding hydrogens is 348 g/mol. The van der Waals surface area contributed by atoms with Crippen LogP contribution in [0.15, 0.2) is 54.5 Å². The van der Waals surface area contributed by atoms with Gasteiger partial charge >= 0.3 is 11.9 Å². The first-order valence-electron chi connectivity index (χ1n) is 8.25. The molecule has 0 radical (unpaired) electrons. The van der Waals surface area contributed by atoms with Gasteiger partial charge in [0.05, 0.1) is 11.0 Å². The minimum Gasteiger partial charge on any atom is -0.419 e. The number of fused-ring (bicyclic) bond motifs is 1. The molecule has 8 heteroatoms. The number of esters is 2. The second kappa shape index (κ2) is 6.24. The number of carbonyl (C=O) groups is 2. The minimum atomic E-state index is -1.26. The van der Waals surface area contributed by atoms with Crippen LogP contribution in [-0.2, 0) is 19.1 Å². The van der Waals surface area contributed by atoms with E-state index >= 15 is 0 Å². The van der Waals surface area contributed by atoms with Gasteiger partial charge in [0.15, 0.2) is 5.57 Å². The molecule has 2 N–H and O–H groups in total. The lowest BCUT2D eigenvalue weighted by Crippen LogP contribution is -2.42. The predicted molar refractivity (Wildman–Crippen MR) is 97.3 cm³/mol. The van der Waals surface area contributed by atoms with Gasteiger partial charge in [0.1, 0.15) is 5.82 Å². The van der Waals surface area contributed by atoms with E-state index in [-0.39, 0.29) is 5.57 Å². The zero-order chi connectivity index (χ0) is 19.0. The highest BCUT2D eigenvalue weighted by molar-refractivity contribution is 6.15. The third kappa shape index (κ3) is 3.37. The molecule has 0 atom stereocenters. The molecule has 1 aliphatic rings. The molecule has 2 aromatic heterocycles. The number of carbonyl (C=O) groups excluding carboxylic acids is 2. The number of aromatic nitrogens is 3. The Hall–Kier alpha value is -3.68. The Bertz CT molecular complexity index is 1050. The van der Waals surface area contributed by atoms with E-state index in [0.29, 0.717) is 11.5 Å². The van der Waals surface area contributed by atoms with Crippen molar-refractivity contribution in [3.8, 4) is 11.4 Å². The molecule has 0 spiro atoms. The Labute approximate surface area is 154 Å². The van der Waals surface area contributed by atoms with Gasteiger partial charge in [-0.2, -0.15) is 0 Å². The second-order valence-electron chi connectivity index (χ2n) is 6.44. The van der Waals surface area contributed by atoms with Crippen LogP contribution in [0.5, 0.6) is 0 Å².